The average Bonchev–Trinajstić information content (AvgIpc) is 2.26. The fourth-order valence-corrected chi connectivity index (χ4v) is 2.91. The van der Waals surface area contributed by atoms with Gasteiger partial charge in [0.15, 0.2) is 0 Å². The molecule has 0 unspecified atom stereocenters. The van der Waals surface area contributed by atoms with Crippen molar-refractivity contribution in [2.75, 3.05) is 13.6 Å². The van der Waals surface area contributed by atoms with Gasteiger partial charge in [0.2, 0.25) is 0 Å². The lowest BCUT2D eigenvalue weighted by Gasteiger charge is -2.17. The zero-order valence-electron chi connectivity index (χ0n) is 10.3. The Morgan fingerprint density at radius 3 is 2.53 bits per heavy atom. The topological polar surface area (TPSA) is 54.5 Å². The van der Waals surface area contributed by atoms with Crippen LogP contribution in [0.3, 0.4) is 0 Å². The van der Waals surface area contributed by atoms with E-state index in [4.69, 9.17) is 10.7 Å². The van der Waals surface area contributed by atoms with E-state index in [1.54, 1.807) is 7.05 Å². The highest BCUT2D eigenvalue weighted by atomic mass is 79.9. The van der Waals surface area contributed by atoms with Crippen LogP contribution in [0.1, 0.15) is 23.7 Å². The Bertz CT molecular complexity index is 606. The van der Waals surface area contributed by atoms with E-state index in [9.17, 15) is 17.6 Å². The van der Waals surface area contributed by atoms with Crippen LogP contribution in [0, 0.1) is 5.82 Å². The molecule has 1 aromatic rings. The summed E-state index contributed by atoms with van der Waals surface area (Å²) in [5.41, 5.74) is 0.0524. The molecule has 1 amide bonds. The molecule has 0 saturated heterocycles. The van der Waals surface area contributed by atoms with Gasteiger partial charge in [-0.05, 0) is 34.5 Å². The molecule has 19 heavy (non-hydrogen) atoms. The summed E-state index contributed by atoms with van der Waals surface area (Å²) in [5, 5.41) is 0. The first-order valence-electron chi connectivity index (χ1n) is 5.37. The molecule has 0 bridgehead atoms. The highest BCUT2D eigenvalue weighted by Gasteiger charge is 2.23. The maximum Gasteiger partial charge on any atom is 0.264 e. The Hall–Kier alpha value is -0.660. The monoisotopic (exact) mass is 371 g/mol. The Kier molecular flexibility index (Phi) is 5.34. The minimum Gasteiger partial charge on any atom is -0.342 e. The first kappa shape index (κ1) is 16.4. The number of rotatable bonds is 4. The molecule has 0 fully saturated rings. The van der Waals surface area contributed by atoms with Crippen molar-refractivity contribution in [3.63, 3.8) is 0 Å². The van der Waals surface area contributed by atoms with Gasteiger partial charge in [-0.1, -0.05) is 6.92 Å². The maximum absolute atomic E-state index is 13.5. The van der Waals surface area contributed by atoms with Crippen LogP contribution in [0.15, 0.2) is 21.5 Å². The number of benzene rings is 1. The van der Waals surface area contributed by atoms with E-state index in [-0.39, 0.29) is 10.0 Å². The normalized spacial score (nSPS) is 11.4. The van der Waals surface area contributed by atoms with Gasteiger partial charge in [-0.25, -0.2) is 12.8 Å². The molecule has 0 heterocycles. The number of carbonyl (C=O) groups is 1. The fourth-order valence-electron chi connectivity index (χ4n) is 1.52. The molecular weight excluding hydrogens is 361 g/mol. The number of halogens is 3. The van der Waals surface area contributed by atoms with Crippen LogP contribution in [0.5, 0.6) is 0 Å². The molecule has 8 heteroatoms. The summed E-state index contributed by atoms with van der Waals surface area (Å²) in [6.07, 6.45) is 0.752. The van der Waals surface area contributed by atoms with Crippen molar-refractivity contribution in [1.82, 2.24) is 4.90 Å². The number of nitrogens with zero attached hydrogens (tertiary/aromatic N) is 1. The van der Waals surface area contributed by atoms with Gasteiger partial charge in [-0.3, -0.25) is 4.79 Å². The predicted octanol–water partition coefficient (Wildman–Crippen LogP) is 3.00. The molecule has 0 saturated carbocycles. The number of hydrogen-bond acceptors (Lipinski definition) is 3. The van der Waals surface area contributed by atoms with E-state index in [0.717, 1.165) is 18.6 Å². The van der Waals surface area contributed by atoms with Crippen molar-refractivity contribution < 1.29 is 17.6 Å². The van der Waals surface area contributed by atoms with Gasteiger partial charge in [-0.2, -0.15) is 0 Å². The van der Waals surface area contributed by atoms with Crippen LogP contribution in [0.2, 0.25) is 0 Å². The largest absolute Gasteiger partial charge is 0.342 e. The third-order valence-corrected chi connectivity index (χ3v) is 4.41. The SMILES string of the molecule is CCCN(C)C(=O)c1cc(S(=O)(=O)Cl)c(F)cc1Br. The molecule has 0 radical (unpaired) electrons. The second-order valence-electron chi connectivity index (χ2n) is 3.93. The van der Waals surface area contributed by atoms with Crippen LogP contribution < -0.4 is 0 Å². The van der Waals surface area contributed by atoms with E-state index in [1.165, 1.54) is 4.90 Å². The molecule has 0 aliphatic heterocycles. The highest BCUT2D eigenvalue weighted by molar-refractivity contribution is 9.10. The minimum absolute atomic E-state index is 0.0524. The Morgan fingerprint density at radius 1 is 1.47 bits per heavy atom. The zero-order valence-corrected chi connectivity index (χ0v) is 13.4. The van der Waals surface area contributed by atoms with Crippen molar-refractivity contribution in [3.8, 4) is 0 Å². The Morgan fingerprint density at radius 2 is 2.05 bits per heavy atom. The van der Waals surface area contributed by atoms with E-state index < -0.39 is 25.7 Å². The summed E-state index contributed by atoms with van der Waals surface area (Å²) >= 11 is 3.04. The Balaban J connectivity index is 3.34. The first-order chi connectivity index (χ1) is 8.68. The molecule has 4 nitrogen and oxygen atoms in total. The van der Waals surface area contributed by atoms with Crippen LogP contribution in [-0.4, -0.2) is 32.8 Å². The summed E-state index contributed by atoms with van der Waals surface area (Å²) in [6, 6.07) is 1.86. The molecule has 0 aliphatic carbocycles. The van der Waals surface area contributed by atoms with Crippen molar-refractivity contribution in [2.24, 2.45) is 0 Å². The summed E-state index contributed by atoms with van der Waals surface area (Å²) in [6.45, 7) is 2.41. The maximum atomic E-state index is 13.5. The molecule has 0 atom stereocenters. The van der Waals surface area contributed by atoms with Gasteiger partial charge in [0, 0.05) is 28.7 Å². The second-order valence-corrected chi connectivity index (χ2v) is 7.32. The van der Waals surface area contributed by atoms with E-state index in [1.807, 2.05) is 6.92 Å². The quantitative estimate of drug-likeness (QED) is 0.764. The summed E-state index contributed by atoms with van der Waals surface area (Å²) in [7, 11) is 2.47. The Labute approximate surface area is 124 Å². The lowest BCUT2D eigenvalue weighted by molar-refractivity contribution is 0.0794. The highest BCUT2D eigenvalue weighted by Crippen LogP contribution is 2.27. The average molecular weight is 373 g/mol. The van der Waals surface area contributed by atoms with E-state index >= 15 is 0 Å². The number of hydrogen-bond donors (Lipinski definition) is 0. The summed E-state index contributed by atoms with van der Waals surface area (Å²) in [4.78, 5) is 12.8. The molecular formula is C11H12BrClFNO3S. The number of carbonyl (C=O) groups excluding carboxylic acids is 1. The van der Waals surface area contributed by atoms with Gasteiger partial charge in [0.25, 0.3) is 15.0 Å². The van der Waals surface area contributed by atoms with Crippen LogP contribution in [0.25, 0.3) is 0 Å². The van der Waals surface area contributed by atoms with Gasteiger partial charge in [0.05, 0.1) is 5.56 Å². The van der Waals surface area contributed by atoms with Crippen molar-refractivity contribution in [2.45, 2.75) is 18.2 Å². The minimum atomic E-state index is -4.24. The van der Waals surface area contributed by atoms with Gasteiger partial charge < -0.3 is 4.90 Å². The third-order valence-electron chi connectivity index (χ3n) is 2.42. The van der Waals surface area contributed by atoms with Gasteiger partial charge in [0.1, 0.15) is 10.7 Å². The molecule has 1 rings (SSSR count). The van der Waals surface area contributed by atoms with Gasteiger partial charge >= 0.3 is 0 Å². The van der Waals surface area contributed by atoms with Crippen molar-refractivity contribution in [1.29, 1.82) is 0 Å². The second kappa shape index (κ2) is 6.19. The standard InChI is InChI=1S/C11H12BrClFNO3S/c1-3-4-15(2)11(16)7-5-10(19(13,17)18)9(14)6-8(7)12/h5-6H,3-4H2,1-2H3. The van der Waals surface area contributed by atoms with Crippen molar-refractivity contribution >= 4 is 41.6 Å². The van der Waals surface area contributed by atoms with Crippen LogP contribution in [0.4, 0.5) is 4.39 Å². The predicted molar refractivity (Wildman–Crippen MR) is 74.4 cm³/mol. The summed E-state index contributed by atoms with van der Waals surface area (Å²) in [5.74, 6) is -1.41. The van der Waals surface area contributed by atoms with Crippen molar-refractivity contribution in [3.05, 3.63) is 28.0 Å². The smallest absolute Gasteiger partial charge is 0.264 e. The first-order valence-corrected chi connectivity index (χ1v) is 8.48. The summed E-state index contributed by atoms with van der Waals surface area (Å²) < 4.78 is 36.1. The number of amides is 1. The molecule has 0 aromatic heterocycles. The molecule has 0 N–H and O–H groups in total. The molecule has 106 valence electrons. The lowest BCUT2D eigenvalue weighted by Crippen LogP contribution is -2.28. The van der Waals surface area contributed by atoms with Crippen LogP contribution in [-0.2, 0) is 9.05 Å². The van der Waals surface area contributed by atoms with E-state index in [2.05, 4.69) is 15.9 Å². The van der Waals surface area contributed by atoms with E-state index in [0.29, 0.717) is 6.54 Å². The zero-order chi connectivity index (χ0) is 14.8. The lowest BCUT2D eigenvalue weighted by atomic mass is 10.2. The van der Waals surface area contributed by atoms with Crippen LogP contribution >= 0.6 is 26.6 Å². The molecule has 0 spiro atoms. The van der Waals surface area contributed by atoms with Gasteiger partial charge in [-0.15, -0.1) is 0 Å². The molecule has 1 aromatic carbocycles. The molecule has 0 aliphatic rings. The third kappa shape index (κ3) is 3.90. The fraction of sp³-hybridized carbons (Fsp3) is 0.364.